The second-order valence-electron chi connectivity index (χ2n) is 6.22. The minimum atomic E-state index is -4.06. The van der Waals surface area contributed by atoms with Crippen molar-refractivity contribution in [3.63, 3.8) is 0 Å². The number of para-hydroxylation sites is 1. The van der Waals surface area contributed by atoms with Gasteiger partial charge in [-0.1, -0.05) is 54.6 Å². The molecule has 0 bridgehead atoms. The Hall–Kier alpha value is -3.19. The number of sulfonamides is 1. The van der Waals surface area contributed by atoms with E-state index < -0.39 is 27.8 Å². The highest BCUT2D eigenvalue weighted by atomic mass is 32.2. The maximum atomic E-state index is 13.0. The molecule has 0 heterocycles. The van der Waals surface area contributed by atoms with Crippen molar-refractivity contribution < 1.29 is 18.0 Å². The Morgan fingerprint density at radius 1 is 1.07 bits per heavy atom. The largest absolute Gasteiger partial charge is 0.312 e. The number of nitrogens with one attached hydrogen (secondary N) is 1. The Bertz CT molecular complexity index is 970. The lowest BCUT2D eigenvalue weighted by atomic mass is 10.0. The van der Waals surface area contributed by atoms with Crippen molar-refractivity contribution in [3.05, 3.63) is 84.3 Å². The van der Waals surface area contributed by atoms with Crippen LogP contribution in [0.25, 0.3) is 6.08 Å². The van der Waals surface area contributed by atoms with Gasteiger partial charge in [-0.25, -0.2) is 13.1 Å². The molecule has 1 atom stereocenters. The van der Waals surface area contributed by atoms with Crippen LogP contribution in [-0.2, 0) is 19.6 Å². The molecule has 2 aromatic rings. The monoisotopic (exact) mass is 412 g/mol. The van der Waals surface area contributed by atoms with Crippen LogP contribution < -0.4 is 9.62 Å². The van der Waals surface area contributed by atoms with Crippen molar-refractivity contribution in [1.82, 2.24) is 4.72 Å². The summed E-state index contributed by atoms with van der Waals surface area (Å²) in [7, 11) is -4.06. The molecule has 0 aliphatic rings. The lowest BCUT2D eigenvalue weighted by Gasteiger charge is -2.25. The van der Waals surface area contributed by atoms with Gasteiger partial charge in [-0.05, 0) is 37.1 Å². The summed E-state index contributed by atoms with van der Waals surface area (Å²) in [6.07, 6.45) is 2.82. The molecule has 0 radical (unpaired) electrons. The summed E-state index contributed by atoms with van der Waals surface area (Å²) in [5.74, 6) is -2.58. The van der Waals surface area contributed by atoms with Crippen molar-refractivity contribution >= 4 is 33.6 Å². The third kappa shape index (κ3) is 6.43. The van der Waals surface area contributed by atoms with Crippen LogP contribution in [0.15, 0.2) is 78.7 Å². The number of rotatable bonds is 9. The fraction of sp³-hybridized carbons (Fsp3) is 0.182. The Balaban J connectivity index is 2.18. The molecule has 1 unspecified atom stereocenters. The van der Waals surface area contributed by atoms with Gasteiger partial charge in [0, 0.05) is 12.2 Å². The molecule has 0 aromatic heterocycles. The zero-order valence-electron chi connectivity index (χ0n) is 16.2. The lowest BCUT2D eigenvalue weighted by molar-refractivity contribution is -0.132. The smallest absolute Gasteiger partial charge is 0.257 e. The first-order valence-electron chi connectivity index (χ1n) is 9.15. The Morgan fingerprint density at radius 2 is 1.66 bits per heavy atom. The van der Waals surface area contributed by atoms with Crippen LogP contribution in [0, 0.1) is 5.92 Å². The molecule has 0 aliphatic heterocycles. The van der Waals surface area contributed by atoms with Crippen molar-refractivity contribution in [2.24, 2.45) is 5.92 Å². The summed E-state index contributed by atoms with van der Waals surface area (Å²) < 4.78 is 26.5. The number of benzene rings is 2. The zero-order valence-corrected chi connectivity index (χ0v) is 17.0. The summed E-state index contributed by atoms with van der Waals surface area (Å²) in [6.45, 7) is 5.70. The van der Waals surface area contributed by atoms with E-state index >= 15 is 0 Å². The average Bonchev–Trinajstić information content (AvgIpc) is 2.72. The molecule has 2 amide bonds. The quantitative estimate of drug-likeness (QED) is 0.506. The SMILES string of the molecule is C=CCC(C(=O)NS(=O)(=O)/C=C/c1ccccc1)C(=O)N(CC)c1ccccc1. The van der Waals surface area contributed by atoms with Gasteiger partial charge >= 0.3 is 0 Å². The second-order valence-corrected chi connectivity index (χ2v) is 7.79. The number of anilines is 1. The lowest BCUT2D eigenvalue weighted by Crippen LogP contribution is -2.44. The standard InChI is InChI=1S/C22H24N2O4S/c1-3-11-20(22(26)24(4-2)19-14-9-6-10-15-19)21(25)23-29(27,28)17-16-18-12-7-5-8-13-18/h3,5-10,12-17,20H,1,4,11H2,2H3,(H,23,25)/b17-16+. The van der Waals surface area contributed by atoms with Crippen LogP contribution in [0.1, 0.15) is 18.9 Å². The molecule has 2 aromatic carbocycles. The van der Waals surface area contributed by atoms with Crippen LogP contribution in [0.4, 0.5) is 5.69 Å². The van der Waals surface area contributed by atoms with Crippen LogP contribution in [0.5, 0.6) is 0 Å². The van der Waals surface area contributed by atoms with Gasteiger partial charge in [0.15, 0.2) is 0 Å². The topological polar surface area (TPSA) is 83.5 Å². The van der Waals surface area contributed by atoms with Gasteiger partial charge in [0.25, 0.3) is 10.0 Å². The third-order valence-corrected chi connectivity index (χ3v) is 5.13. The van der Waals surface area contributed by atoms with Gasteiger partial charge < -0.3 is 4.90 Å². The van der Waals surface area contributed by atoms with Crippen LogP contribution in [0.3, 0.4) is 0 Å². The van der Waals surface area contributed by atoms with Gasteiger partial charge in [0.05, 0.1) is 5.41 Å². The fourth-order valence-corrected chi connectivity index (χ4v) is 3.55. The molecule has 0 aliphatic carbocycles. The summed E-state index contributed by atoms with van der Waals surface area (Å²) in [4.78, 5) is 27.1. The van der Waals surface area contributed by atoms with Crippen molar-refractivity contribution in [2.45, 2.75) is 13.3 Å². The first-order valence-corrected chi connectivity index (χ1v) is 10.7. The van der Waals surface area contributed by atoms with Gasteiger partial charge in [0.2, 0.25) is 11.8 Å². The molecule has 2 rings (SSSR count). The van der Waals surface area contributed by atoms with Gasteiger partial charge in [-0.3, -0.25) is 9.59 Å². The van der Waals surface area contributed by atoms with E-state index in [9.17, 15) is 18.0 Å². The highest BCUT2D eigenvalue weighted by molar-refractivity contribution is 7.93. The number of nitrogens with zero attached hydrogens (tertiary/aromatic N) is 1. The number of hydrogen-bond acceptors (Lipinski definition) is 4. The molecule has 6 nitrogen and oxygen atoms in total. The molecule has 0 spiro atoms. The molecular formula is C22H24N2O4S. The van der Waals surface area contributed by atoms with E-state index in [1.807, 2.05) is 16.9 Å². The van der Waals surface area contributed by atoms with E-state index in [2.05, 4.69) is 6.58 Å². The van der Waals surface area contributed by atoms with E-state index in [1.165, 1.54) is 17.1 Å². The first kappa shape index (κ1) is 22.1. The van der Waals surface area contributed by atoms with Crippen LogP contribution in [0.2, 0.25) is 0 Å². The van der Waals surface area contributed by atoms with E-state index in [0.29, 0.717) is 17.8 Å². The highest BCUT2D eigenvalue weighted by Crippen LogP contribution is 2.18. The number of carbonyl (C=O) groups is 2. The normalized spacial score (nSPS) is 12.3. The van der Waals surface area contributed by atoms with Crippen molar-refractivity contribution in [3.8, 4) is 0 Å². The van der Waals surface area contributed by atoms with E-state index in [0.717, 1.165) is 5.41 Å². The van der Waals surface area contributed by atoms with E-state index in [1.54, 1.807) is 55.5 Å². The average molecular weight is 413 g/mol. The van der Waals surface area contributed by atoms with E-state index in [-0.39, 0.29) is 6.42 Å². The molecule has 29 heavy (non-hydrogen) atoms. The molecule has 7 heteroatoms. The van der Waals surface area contributed by atoms with Crippen molar-refractivity contribution in [2.75, 3.05) is 11.4 Å². The van der Waals surface area contributed by atoms with Crippen LogP contribution in [-0.4, -0.2) is 26.8 Å². The minimum Gasteiger partial charge on any atom is -0.312 e. The Labute approximate surface area is 171 Å². The summed E-state index contributed by atoms with van der Waals surface area (Å²) in [5.41, 5.74) is 1.30. The highest BCUT2D eigenvalue weighted by Gasteiger charge is 2.31. The first-order chi connectivity index (χ1) is 13.9. The van der Waals surface area contributed by atoms with Gasteiger partial charge in [0.1, 0.15) is 5.92 Å². The molecule has 152 valence electrons. The minimum absolute atomic E-state index is 0.0198. The Morgan fingerprint density at radius 3 is 2.21 bits per heavy atom. The fourth-order valence-electron chi connectivity index (χ4n) is 2.73. The summed E-state index contributed by atoms with van der Waals surface area (Å²) in [5, 5.41) is 0.907. The third-order valence-electron chi connectivity index (χ3n) is 4.15. The summed E-state index contributed by atoms with van der Waals surface area (Å²) >= 11 is 0. The maximum Gasteiger partial charge on any atom is 0.257 e. The number of hydrogen-bond donors (Lipinski definition) is 1. The predicted molar refractivity (Wildman–Crippen MR) is 115 cm³/mol. The van der Waals surface area contributed by atoms with Gasteiger partial charge in [-0.15, -0.1) is 6.58 Å². The van der Waals surface area contributed by atoms with Gasteiger partial charge in [-0.2, -0.15) is 0 Å². The number of amides is 2. The molecule has 0 saturated carbocycles. The zero-order chi connectivity index (χ0) is 21.3. The predicted octanol–water partition coefficient (Wildman–Crippen LogP) is 3.35. The maximum absolute atomic E-state index is 13.0. The number of allylic oxidation sites excluding steroid dienone is 1. The number of carbonyl (C=O) groups excluding carboxylic acids is 2. The molecule has 0 fully saturated rings. The van der Waals surface area contributed by atoms with E-state index in [4.69, 9.17) is 0 Å². The molecule has 0 saturated heterocycles. The van der Waals surface area contributed by atoms with Crippen molar-refractivity contribution in [1.29, 1.82) is 0 Å². The Kier molecular flexibility index (Phi) is 7.91. The molecule has 1 N–H and O–H groups in total. The van der Waals surface area contributed by atoms with Crippen LogP contribution >= 0.6 is 0 Å². The summed E-state index contributed by atoms with van der Waals surface area (Å²) in [6, 6.07) is 17.7. The second kappa shape index (κ2) is 10.4. The molecular weight excluding hydrogens is 388 g/mol.